The standard InChI is InChI=1S/C13H23NO2/c15-13(10-3-1-2-4-10)9-14-7-11-5-6-12(8-14)16-11/h10-13,15H,1-9H2. The minimum Gasteiger partial charge on any atom is -0.392 e. The number of fused-ring (bicyclic) bond motifs is 2. The summed E-state index contributed by atoms with van der Waals surface area (Å²) in [5.74, 6) is 0.570. The fourth-order valence-electron chi connectivity index (χ4n) is 3.60. The summed E-state index contributed by atoms with van der Waals surface area (Å²) in [4.78, 5) is 2.43. The first-order valence-corrected chi connectivity index (χ1v) is 6.87. The summed E-state index contributed by atoms with van der Waals surface area (Å²) >= 11 is 0. The second kappa shape index (κ2) is 4.63. The van der Waals surface area contributed by atoms with Gasteiger partial charge in [-0.1, -0.05) is 12.8 Å². The summed E-state index contributed by atoms with van der Waals surface area (Å²) in [5, 5.41) is 10.2. The van der Waals surface area contributed by atoms with E-state index >= 15 is 0 Å². The lowest BCUT2D eigenvalue weighted by Gasteiger charge is -2.34. The number of hydrogen-bond donors (Lipinski definition) is 1. The molecule has 3 fully saturated rings. The fraction of sp³-hybridized carbons (Fsp3) is 1.00. The molecule has 0 amide bonds. The van der Waals surface area contributed by atoms with Gasteiger partial charge < -0.3 is 9.84 Å². The van der Waals surface area contributed by atoms with Crippen molar-refractivity contribution in [1.29, 1.82) is 0 Å². The van der Waals surface area contributed by atoms with E-state index in [0.29, 0.717) is 18.1 Å². The summed E-state index contributed by atoms with van der Waals surface area (Å²) in [7, 11) is 0. The van der Waals surface area contributed by atoms with Gasteiger partial charge >= 0.3 is 0 Å². The Morgan fingerprint density at radius 3 is 2.31 bits per heavy atom. The highest BCUT2D eigenvalue weighted by Crippen LogP contribution is 2.30. The van der Waals surface area contributed by atoms with Crippen molar-refractivity contribution in [2.75, 3.05) is 19.6 Å². The van der Waals surface area contributed by atoms with Crippen LogP contribution in [0.5, 0.6) is 0 Å². The normalized spacial score (nSPS) is 38.1. The van der Waals surface area contributed by atoms with Crippen molar-refractivity contribution in [3.63, 3.8) is 0 Å². The molecule has 2 bridgehead atoms. The van der Waals surface area contributed by atoms with Crippen LogP contribution in [0.4, 0.5) is 0 Å². The van der Waals surface area contributed by atoms with Gasteiger partial charge in [0, 0.05) is 19.6 Å². The second-order valence-corrected chi connectivity index (χ2v) is 5.79. The lowest BCUT2D eigenvalue weighted by Crippen LogP contribution is -2.46. The molecule has 1 aliphatic carbocycles. The number of likely N-dealkylation sites (tertiary alicyclic amines) is 1. The van der Waals surface area contributed by atoms with Crippen LogP contribution in [0.3, 0.4) is 0 Å². The zero-order chi connectivity index (χ0) is 11.0. The summed E-state index contributed by atoms with van der Waals surface area (Å²) < 4.78 is 5.81. The van der Waals surface area contributed by atoms with Gasteiger partial charge in [-0.2, -0.15) is 0 Å². The number of ether oxygens (including phenoxy) is 1. The number of aliphatic hydroxyl groups excluding tert-OH is 1. The monoisotopic (exact) mass is 225 g/mol. The third-order valence-corrected chi connectivity index (χ3v) is 4.51. The van der Waals surface area contributed by atoms with Crippen molar-refractivity contribution in [1.82, 2.24) is 4.90 Å². The number of nitrogens with zero attached hydrogens (tertiary/aromatic N) is 1. The molecule has 3 nitrogen and oxygen atoms in total. The molecule has 92 valence electrons. The van der Waals surface area contributed by atoms with Crippen LogP contribution in [0, 0.1) is 5.92 Å². The molecule has 3 heteroatoms. The van der Waals surface area contributed by atoms with E-state index in [4.69, 9.17) is 4.74 Å². The van der Waals surface area contributed by atoms with Crippen LogP contribution in [0.25, 0.3) is 0 Å². The molecule has 3 aliphatic rings. The Morgan fingerprint density at radius 2 is 1.69 bits per heavy atom. The SMILES string of the molecule is OC(CN1CC2CCC(C1)O2)C1CCCC1. The van der Waals surface area contributed by atoms with Gasteiger partial charge in [0.25, 0.3) is 0 Å². The summed E-state index contributed by atoms with van der Waals surface area (Å²) in [6, 6.07) is 0. The Bertz CT molecular complexity index is 228. The van der Waals surface area contributed by atoms with E-state index in [1.165, 1.54) is 38.5 Å². The number of β-amino-alcohol motifs (C(OH)–C–C–N with tert-alkyl or cyclic N) is 1. The van der Waals surface area contributed by atoms with Crippen molar-refractivity contribution >= 4 is 0 Å². The van der Waals surface area contributed by atoms with Crippen LogP contribution in [0.2, 0.25) is 0 Å². The van der Waals surface area contributed by atoms with Gasteiger partial charge in [-0.25, -0.2) is 0 Å². The Kier molecular flexibility index (Phi) is 3.18. The smallest absolute Gasteiger partial charge is 0.0707 e. The van der Waals surface area contributed by atoms with E-state index in [9.17, 15) is 5.11 Å². The van der Waals surface area contributed by atoms with Crippen LogP contribution in [-0.4, -0.2) is 48.0 Å². The van der Waals surface area contributed by atoms with E-state index < -0.39 is 0 Å². The van der Waals surface area contributed by atoms with E-state index in [1.54, 1.807) is 0 Å². The number of aliphatic hydroxyl groups is 1. The molecule has 0 radical (unpaired) electrons. The molecule has 2 saturated heterocycles. The van der Waals surface area contributed by atoms with Crippen molar-refractivity contribution in [2.45, 2.75) is 56.8 Å². The Balaban J connectivity index is 1.50. The van der Waals surface area contributed by atoms with Crippen LogP contribution < -0.4 is 0 Å². The Labute approximate surface area is 97.8 Å². The summed E-state index contributed by atoms with van der Waals surface area (Å²) in [5.41, 5.74) is 0. The lowest BCUT2D eigenvalue weighted by atomic mass is 10.0. The predicted octanol–water partition coefficient (Wildman–Crippen LogP) is 1.40. The summed E-state index contributed by atoms with van der Waals surface area (Å²) in [6.45, 7) is 2.96. The van der Waals surface area contributed by atoms with Crippen molar-refractivity contribution < 1.29 is 9.84 Å². The van der Waals surface area contributed by atoms with E-state index in [0.717, 1.165) is 19.6 Å². The van der Waals surface area contributed by atoms with Crippen molar-refractivity contribution in [2.24, 2.45) is 5.92 Å². The van der Waals surface area contributed by atoms with Crippen molar-refractivity contribution in [3.8, 4) is 0 Å². The van der Waals surface area contributed by atoms with Gasteiger partial charge in [0.05, 0.1) is 18.3 Å². The van der Waals surface area contributed by atoms with Crippen LogP contribution in [-0.2, 0) is 4.74 Å². The van der Waals surface area contributed by atoms with E-state index in [1.807, 2.05) is 0 Å². The highest BCUT2D eigenvalue weighted by Gasteiger charge is 2.35. The zero-order valence-electron chi connectivity index (χ0n) is 9.98. The minimum atomic E-state index is -0.0972. The molecule has 0 aromatic heterocycles. The van der Waals surface area contributed by atoms with Gasteiger partial charge in [0.1, 0.15) is 0 Å². The Morgan fingerprint density at radius 1 is 1.06 bits per heavy atom. The molecular weight excluding hydrogens is 202 g/mol. The zero-order valence-corrected chi connectivity index (χ0v) is 9.98. The average Bonchev–Trinajstić information content (AvgIpc) is 2.88. The first-order chi connectivity index (χ1) is 7.81. The molecule has 16 heavy (non-hydrogen) atoms. The molecule has 2 heterocycles. The molecule has 0 spiro atoms. The van der Waals surface area contributed by atoms with Gasteiger partial charge in [-0.15, -0.1) is 0 Å². The molecule has 0 aromatic rings. The van der Waals surface area contributed by atoms with Gasteiger partial charge in [-0.05, 0) is 31.6 Å². The number of hydrogen-bond acceptors (Lipinski definition) is 3. The quantitative estimate of drug-likeness (QED) is 0.788. The highest BCUT2D eigenvalue weighted by atomic mass is 16.5. The molecule has 3 rings (SSSR count). The van der Waals surface area contributed by atoms with Crippen LogP contribution >= 0.6 is 0 Å². The molecule has 2 aliphatic heterocycles. The largest absolute Gasteiger partial charge is 0.392 e. The molecule has 3 atom stereocenters. The van der Waals surface area contributed by atoms with Crippen LogP contribution in [0.15, 0.2) is 0 Å². The van der Waals surface area contributed by atoms with Crippen molar-refractivity contribution in [3.05, 3.63) is 0 Å². The molecular formula is C13H23NO2. The fourth-order valence-corrected chi connectivity index (χ4v) is 3.60. The third-order valence-electron chi connectivity index (χ3n) is 4.51. The topological polar surface area (TPSA) is 32.7 Å². The number of rotatable bonds is 3. The minimum absolute atomic E-state index is 0.0972. The predicted molar refractivity (Wildman–Crippen MR) is 62.3 cm³/mol. The first kappa shape index (κ1) is 11.0. The first-order valence-electron chi connectivity index (χ1n) is 6.87. The second-order valence-electron chi connectivity index (χ2n) is 5.79. The van der Waals surface area contributed by atoms with Gasteiger partial charge in [0.15, 0.2) is 0 Å². The highest BCUT2D eigenvalue weighted by molar-refractivity contribution is 4.87. The Hall–Kier alpha value is -0.120. The van der Waals surface area contributed by atoms with Crippen LogP contribution in [0.1, 0.15) is 38.5 Å². The molecule has 3 unspecified atom stereocenters. The molecule has 0 aromatic carbocycles. The van der Waals surface area contributed by atoms with Gasteiger partial charge in [0.2, 0.25) is 0 Å². The van der Waals surface area contributed by atoms with E-state index in [-0.39, 0.29) is 6.10 Å². The average molecular weight is 225 g/mol. The summed E-state index contributed by atoms with van der Waals surface area (Å²) in [6.07, 6.45) is 8.36. The molecule has 1 N–H and O–H groups in total. The maximum atomic E-state index is 10.2. The number of morpholine rings is 1. The maximum absolute atomic E-state index is 10.2. The van der Waals surface area contributed by atoms with E-state index in [2.05, 4.69) is 4.90 Å². The third kappa shape index (κ3) is 2.27. The maximum Gasteiger partial charge on any atom is 0.0707 e. The van der Waals surface area contributed by atoms with Gasteiger partial charge in [-0.3, -0.25) is 4.90 Å². The lowest BCUT2D eigenvalue weighted by molar-refractivity contribution is -0.0546. The molecule has 1 saturated carbocycles.